The molecule has 0 unspecified atom stereocenters. The van der Waals surface area contributed by atoms with Gasteiger partial charge >= 0.3 is 0 Å². The number of aromatic nitrogens is 1. The molecule has 6 heteroatoms. The Balaban J connectivity index is 2.04. The number of hydrogen-bond acceptors (Lipinski definition) is 4. The van der Waals surface area contributed by atoms with Gasteiger partial charge in [0.2, 0.25) is 5.91 Å². The number of rotatable bonds is 6. The van der Waals surface area contributed by atoms with Crippen molar-refractivity contribution in [3.05, 3.63) is 52.8 Å². The van der Waals surface area contributed by atoms with Crippen LogP contribution in [-0.2, 0) is 4.79 Å². The summed E-state index contributed by atoms with van der Waals surface area (Å²) in [5.74, 6) is 0.416. The molecule has 24 heavy (non-hydrogen) atoms. The van der Waals surface area contributed by atoms with E-state index in [1.54, 1.807) is 25.4 Å². The fourth-order valence-corrected chi connectivity index (χ4v) is 2.49. The van der Waals surface area contributed by atoms with Gasteiger partial charge in [0, 0.05) is 23.3 Å². The van der Waals surface area contributed by atoms with E-state index in [-0.39, 0.29) is 18.5 Å². The molecule has 5 nitrogen and oxygen atoms in total. The van der Waals surface area contributed by atoms with Crippen molar-refractivity contribution in [1.82, 2.24) is 9.88 Å². The Morgan fingerprint density at radius 1 is 1.42 bits per heavy atom. The highest BCUT2D eigenvalue weighted by molar-refractivity contribution is 6.31. The number of carbonyl (C=O) groups is 1. The predicted octanol–water partition coefficient (Wildman–Crippen LogP) is 3.68. The number of amides is 1. The zero-order chi connectivity index (χ0) is 17.7. The first-order chi connectivity index (χ1) is 11.4. The van der Waals surface area contributed by atoms with Crippen molar-refractivity contribution < 1.29 is 9.53 Å². The Hall–Kier alpha value is -2.11. The van der Waals surface area contributed by atoms with E-state index in [1.165, 1.54) is 0 Å². The van der Waals surface area contributed by atoms with E-state index in [1.807, 2.05) is 44.0 Å². The lowest BCUT2D eigenvalue weighted by molar-refractivity contribution is -0.117. The molecular formula is C18H22ClN3O2. The number of anilines is 1. The van der Waals surface area contributed by atoms with Crippen LogP contribution in [0.1, 0.15) is 24.2 Å². The van der Waals surface area contributed by atoms with Crippen molar-refractivity contribution in [2.75, 3.05) is 26.0 Å². The molecule has 0 saturated carbocycles. The Morgan fingerprint density at radius 2 is 2.17 bits per heavy atom. The summed E-state index contributed by atoms with van der Waals surface area (Å²) in [6, 6.07) is 9.30. The second-order valence-corrected chi connectivity index (χ2v) is 6.10. The highest BCUT2D eigenvalue weighted by Gasteiger charge is 2.17. The first kappa shape index (κ1) is 18.2. The van der Waals surface area contributed by atoms with E-state index >= 15 is 0 Å². The van der Waals surface area contributed by atoms with Crippen molar-refractivity contribution in [1.29, 1.82) is 0 Å². The third-order valence-corrected chi connectivity index (χ3v) is 4.33. The van der Waals surface area contributed by atoms with E-state index in [0.717, 1.165) is 11.3 Å². The molecule has 0 bridgehead atoms. The maximum Gasteiger partial charge on any atom is 0.238 e. The number of hydrogen-bond donors (Lipinski definition) is 1. The van der Waals surface area contributed by atoms with Gasteiger partial charge in [0.25, 0.3) is 0 Å². The SMILES string of the molecule is COc1cc(Cl)c(C)cc1NC(=O)CN(C)[C@H](C)c1ccccn1. The molecule has 2 rings (SSSR count). The highest BCUT2D eigenvalue weighted by atomic mass is 35.5. The average molecular weight is 348 g/mol. The van der Waals surface area contributed by atoms with E-state index in [0.29, 0.717) is 16.5 Å². The Labute approximate surface area is 147 Å². The number of ether oxygens (including phenoxy) is 1. The van der Waals surface area contributed by atoms with Gasteiger partial charge in [-0.05, 0) is 44.7 Å². The average Bonchev–Trinajstić information content (AvgIpc) is 2.57. The highest BCUT2D eigenvalue weighted by Crippen LogP contribution is 2.31. The molecule has 2 aromatic rings. The Morgan fingerprint density at radius 3 is 2.79 bits per heavy atom. The van der Waals surface area contributed by atoms with Gasteiger partial charge in [-0.3, -0.25) is 14.7 Å². The number of nitrogens with one attached hydrogen (secondary N) is 1. The molecule has 0 radical (unpaired) electrons. The third-order valence-electron chi connectivity index (χ3n) is 3.92. The van der Waals surface area contributed by atoms with Crippen LogP contribution in [-0.4, -0.2) is 36.5 Å². The Bertz CT molecular complexity index is 707. The van der Waals surface area contributed by atoms with Crippen molar-refractivity contribution in [3.63, 3.8) is 0 Å². The third kappa shape index (κ3) is 4.46. The van der Waals surface area contributed by atoms with Gasteiger partial charge in [-0.25, -0.2) is 0 Å². The van der Waals surface area contributed by atoms with Crippen LogP contribution in [0.3, 0.4) is 0 Å². The Kier molecular flexibility index (Phi) is 6.17. The number of methoxy groups -OCH3 is 1. The lowest BCUT2D eigenvalue weighted by atomic mass is 10.2. The number of pyridine rings is 1. The smallest absolute Gasteiger partial charge is 0.238 e. The van der Waals surface area contributed by atoms with Gasteiger partial charge < -0.3 is 10.1 Å². The molecule has 0 aliphatic carbocycles. The summed E-state index contributed by atoms with van der Waals surface area (Å²) >= 11 is 6.09. The predicted molar refractivity (Wildman–Crippen MR) is 96.7 cm³/mol. The summed E-state index contributed by atoms with van der Waals surface area (Å²) in [6.45, 7) is 4.14. The van der Waals surface area contributed by atoms with Crippen molar-refractivity contribution in [3.8, 4) is 5.75 Å². The van der Waals surface area contributed by atoms with Crippen LogP contribution in [0, 0.1) is 6.92 Å². The van der Waals surface area contributed by atoms with Crippen LogP contribution >= 0.6 is 11.6 Å². The van der Waals surface area contributed by atoms with Crippen LogP contribution in [0.15, 0.2) is 36.5 Å². The number of nitrogens with zero attached hydrogens (tertiary/aromatic N) is 2. The fourth-order valence-electron chi connectivity index (χ4n) is 2.33. The van der Waals surface area contributed by atoms with Crippen LogP contribution in [0.2, 0.25) is 5.02 Å². The molecule has 1 amide bonds. The number of aryl methyl sites for hydroxylation is 1. The summed E-state index contributed by atoms with van der Waals surface area (Å²) in [4.78, 5) is 18.6. The van der Waals surface area contributed by atoms with Crippen LogP contribution in [0.5, 0.6) is 5.75 Å². The van der Waals surface area contributed by atoms with E-state index < -0.39 is 0 Å². The largest absolute Gasteiger partial charge is 0.495 e. The molecule has 0 aliphatic rings. The zero-order valence-electron chi connectivity index (χ0n) is 14.3. The van der Waals surface area contributed by atoms with Gasteiger partial charge in [-0.2, -0.15) is 0 Å². The maximum absolute atomic E-state index is 12.4. The minimum atomic E-state index is -0.125. The van der Waals surface area contributed by atoms with E-state index in [2.05, 4.69) is 10.3 Å². The molecule has 0 fully saturated rings. The summed E-state index contributed by atoms with van der Waals surface area (Å²) in [7, 11) is 3.44. The minimum absolute atomic E-state index is 0.0331. The van der Waals surface area contributed by atoms with Gasteiger partial charge in [-0.15, -0.1) is 0 Å². The van der Waals surface area contributed by atoms with Gasteiger partial charge in [0.05, 0.1) is 25.0 Å². The second-order valence-electron chi connectivity index (χ2n) is 5.70. The molecule has 1 heterocycles. The molecule has 0 aliphatic heterocycles. The van der Waals surface area contributed by atoms with Gasteiger partial charge in [0.1, 0.15) is 5.75 Å². The molecule has 0 spiro atoms. The number of benzene rings is 1. The van der Waals surface area contributed by atoms with Crippen molar-refractivity contribution in [2.24, 2.45) is 0 Å². The quantitative estimate of drug-likeness (QED) is 0.866. The monoisotopic (exact) mass is 347 g/mol. The molecule has 0 saturated heterocycles. The summed E-state index contributed by atoms with van der Waals surface area (Å²) in [5, 5.41) is 3.48. The lowest BCUT2D eigenvalue weighted by Crippen LogP contribution is -2.32. The fraction of sp³-hybridized carbons (Fsp3) is 0.333. The molecule has 1 atom stereocenters. The standard InChI is InChI=1S/C18H22ClN3O2/c1-12-9-16(17(24-4)10-14(12)19)21-18(23)11-22(3)13(2)15-7-5-6-8-20-15/h5-10,13H,11H2,1-4H3,(H,21,23)/t13-/m1/s1. The summed E-state index contributed by atoms with van der Waals surface area (Å²) in [5.41, 5.74) is 2.42. The van der Waals surface area contributed by atoms with E-state index in [4.69, 9.17) is 16.3 Å². The second kappa shape index (κ2) is 8.13. The lowest BCUT2D eigenvalue weighted by Gasteiger charge is -2.23. The zero-order valence-corrected chi connectivity index (χ0v) is 15.1. The van der Waals surface area contributed by atoms with Crippen molar-refractivity contribution in [2.45, 2.75) is 19.9 Å². The summed E-state index contributed by atoms with van der Waals surface area (Å²) in [6.07, 6.45) is 1.75. The molecule has 1 aromatic heterocycles. The van der Waals surface area contributed by atoms with Crippen LogP contribution in [0.4, 0.5) is 5.69 Å². The normalized spacial score (nSPS) is 12.1. The topological polar surface area (TPSA) is 54.5 Å². The van der Waals surface area contributed by atoms with Crippen molar-refractivity contribution >= 4 is 23.2 Å². The first-order valence-corrected chi connectivity index (χ1v) is 8.05. The number of halogens is 1. The van der Waals surface area contributed by atoms with Gasteiger partial charge in [-0.1, -0.05) is 17.7 Å². The molecule has 1 aromatic carbocycles. The molecular weight excluding hydrogens is 326 g/mol. The molecule has 128 valence electrons. The van der Waals surface area contributed by atoms with Crippen LogP contribution in [0.25, 0.3) is 0 Å². The maximum atomic E-state index is 12.4. The van der Waals surface area contributed by atoms with E-state index in [9.17, 15) is 4.79 Å². The molecule has 1 N–H and O–H groups in total. The van der Waals surface area contributed by atoms with Crippen LogP contribution < -0.4 is 10.1 Å². The number of carbonyl (C=O) groups excluding carboxylic acids is 1. The van der Waals surface area contributed by atoms with Gasteiger partial charge in [0.15, 0.2) is 0 Å². The minimum Gasteiger partial charge on any atom is -0.495 e. The summed E-state index contributed by atoms with van der Waals surface area (Å²) < 4.78 is 5.28. The first-order valence-electron chi connectivity index (χ1n) is 7.67. The number of likely N-dealkylation sites (N-methyl/N-ethyl adjacent to an activating group) is 1.